The normalized spacial score (nSPS) is 13.3. The van der Waals surface area contributed by atoms with Gasteiger partial charge in [0, 0.05) is 32.6 Å². The smallest absolute Gasteiger partial charge is 0.326 e. The third-order valence-electron chi connectivity index (χ3n) is 5.34. The number of para-hydroxylation sites is 1. The molecule has 2 heterocycles. The van der Waals surface area contributed by atoms with Crippen molar-refractivity contribution in [1.29, 1.82) is 0 Å². The van der Waals surface area contributed by atoms with Crippen molar-refractivity contribution in [2.24, 2.45) is 5.10 Å². The molecule has 0 unspecified atom stereocenters. The first kappa shape index (κ1) is 22.0. The average molecular weight is 495 g/mol. The van der Waals surface area contributed by atoms with Crippen molar-refractivity contribution in [1.82, 2.24) is 14.2 Å². The Morgan fingerprint density at radius 1 is 1.19 bits per heavy atom. The molecule has 2 aromatic carbocycles. The van der Waals surface area contributed by atoms with Gasteiger partial charge in [-0.15, -0.1) is 0 Å². The molecule has 0 amide bonds. The molecule has 4 rings (SSSR count). The first-order chi connectivity index (χ1) is 15.1. The molecule has 0 bridgehead atoms. The molecule has 0 fully saturated rings. The Morgan fingerprint density at radius 3 is 2.59 bits per heavy atom. The van der Waals surface area contributed by atoms with E-state index >= 15 is 0 Å². The summed E-state index contributed by atoms with van der Waals surface area (Å²) >= 11 is 3.41. The lowest BCUT2D eigenvalue weighted by Crippen LogP contribution is -2.29. The van der Waals surface area contributed by atoms with Crippen LogP contribution >= 0.6 is 15.9 Å². The second-order valence-electron chi connectivity index (χ2n) is 8.73. The molecular weight excluding hydrogens is 472 g/mol. The van der Waals surface area contributed by atoms with Crippen molar-refractivity contribution >= 4 is 49.9 Å². The Labute approximate surface area is 193 Å². The van der Waals surface area contributed by atoms with Crippen molar-refractivity contribution in [3.05, 3.63) is 74.9 Å². The maximum absolute atomic E-state index is 13.3. The third-order valence-corrected chi connectivity index (χ3v) is 5.83. The summed E-state index contributed by atoms with van der Waals surface area (Å²) in [7, 11) is 0. The number of fused-ring (bicyclic) bond motifs is 2. The summed E-state index contributed by atoms with van der Waals surface area (Å²) < 4.78 is 3.82. The summed E-state index contributed by atoms with van der Waals surface area (Å²) in [5.74, 6) is -0.388. The van der Waals surface area contributed by atoms with Gasteiger partial charge in [0.1, 0.15) is 11.9 Å². The largest absolute Gasteiger partial charge is 0.480 e. The zero-order valence-electron chi connectivity index (χ0n) is 18.2. The van der Waals surface area contributed by atoms with Gasteiger partial charge in [0.15, 0.2) is 0 Å². The molecule has 0 saturated carbocycles. The molecule has 32 heavy (non-hydrogen) atoms. The van der Waals surface area contributed by atoms with Crippen molar-refractivity contribution in [3.63, 3.8) is 0 Å². The zero-order valence-corrected chi connectivity index (χ0v) is 19.8. The Balaban J connectivity index is 1.93. The predicted octanol–water partition coefficient (Wildman–Crippen LogP) is 4.94. The van der Waals surface area contributed by atoms with E-state index in [1.54, 1.807) is 30.0 Å². The number of benzene rings is 2. The molecule has 0 radical (unpaired) electrons. The lowest BCUT2D eigenvalue weighted by atomic mass is 9.95. The SMILES string of the molecule is C[C@@H](C(=O)O)n1cc(C=Nn2c(C(C)(C)C)nc3ccc(Br)cc3c2=O)c2ccccc21. The first-order valence-electron chi connectivity index (χ1n) is 10.2. The summed E-state index contributed by atoms with van der Waals surface area (Å²) in [6.45, 7) is 7.56. The van der Waals surface area contributed by atoms with Gasteiger partial charge in [0.05, 0.1) is 17.1 Å². The van der Waals surface area contributed by atoms with Gasteiger partial charge < -0.3 is 9.67 Å². The molecule has 0 spiro atoms. The maximum atomic E-state index is 13.3. The molecule has 0 aliphatic heterocycles. The third kappa shape index (κ3) is 3.86. The topological polar surface area (TPSA) is 89.5 Å². The van der Waals surface area contributed by atoms with E-state index in [0.29, 0.717) is 16.7 Å². The fourth-order valence-corrected chi connectivity index (χ4v) is 4.00. The molecule has 7 nitrogen and oxygen atoms in total. The molecule has 4 aromatic rings. The number of carboxylic acid groups (broad SMARTS) is 1. The quantitative estimate of drug-likeness (QED) is 0.406. The lowest BCUT2D eigenvalue weighted by Gasteiger charge is -2.20. The molecule has 2 aromatic heterocycles. The molecule has 0 aliphatic rings. The predicted molar refractivity (Wildman–Crippen MR) is 130 cm³/mol. The Bertz CT molecular complexity index is 1440. The van der Waals surface area contributed by atoms with E-state index < -0.39 is 17.4 Å². The highest BCUT2D eigenvalue weighted by Gasteiger charge is 2.23. The summed E-state index contributed by atoms with van der Waals surface area (Å²) in [6.07, 6.45) is 3.34. The number of aromatic nitrogens is 3. The fraction of sp³-hybridized carbons (Fsp3) is 0.250. The second kappa shape index (κ2) is 8.02. The van der Waals surface area contributed by atoms with Gasteiger partial charge in [-0.3, -0.25) is 4.79 Å². The maximum Gasteiger partial charge on any atom is 0.326 e. The van der Waals surface area contributed by atoms with Crippen LogP contribution in [0.1, 0.15) is 45.1 Å². The van der Waals surface area contributed by atoms with Crippen molar-refractivity contribution in [2.45, 2.75) is 39.2 Å². The lowest BCUT2D eigenvalue weighted by molar-refractivity contribution is -0.140. The molecule has 0 saturated heterocycles. The standard InChI is InChI=1S/C24H23BrN4O3/c1-14(22(31)32)28-13-15(17-7-5-6-8-20(17)28)12-26-29-21(30)18-11-16(25)9-10-19(18)27-23(29)24(2,3)4/h5-14H,1-4H3,(H,31,32)/t14-/m0/s1. The fourth-order valence-electron chi connectivity index (χ4n) is 3.64. The monoisotopic (exact) mass is 494 g/mol. The second-order valence-corrected chi connectivity index (χ2v) is 9.65. The van der Waals surface area contributed by atoms with Crippen molar-refractivity contribution < 1.29 is 9.90 Å². The van der Waals surface area contributed by atoms with E-state index in [2.05, 4.69) is 21.0 Å². The van der Waals surface area contributed by atoms with Crippen LogP contribution in [0.4, 0.5) is 0 Å². The molecule has 8 heteroatoms. The van der Waals surface area contributed by atoms with Crippen LogP contribution in [-0.2, 0) is 10.2 Å². The summed E-state index contributed by atoms with van der Waals surface area (Å²) in [6, 6.07) is 12.2. The zero-order chi connectivity index (χ0) is 23.2. The van der Waals surface area contributed by atoms with Crippen LogP contribution in [-0.4, -0.2) is 31.5 Å². The minimum atomic E-state index is -0.926. The molecule has 0 aliphatic carbocycles. The number of aliphatic carboxylic acids is 1. The van der Waals surface area contributed by atoms with Crippen molar-refractivity contribution in [2.75, 3.05) is 0 Å². The van der Waals surface area contributed by atoms with E-state index in [1.807, 2.05) is 57.2 Å². The summed E-state index contributed by atoms with van der Waals surface area (Å²) in [4.78, 5) is 29.6. The van der Waals surface area contributed by atoms with Crippen LogP contribution in [0.25, 0.3) is 21.8 Å². The minimum absolute atomic E-state index is 0.264. The number of halogens is 1. The molecule has 164 valence electrons. The van der Waals surface area contributed by atoms with E-state index in [9.17, 15) is 14.7 Å². The van der Waals surface area contributed by atoms with Gasteiger partial charge in [-0.2, -0.15) is 9.78 Å². The Kier molecular flexibility index (Phi) is 5.50. The first-order valence-corrected chi connectivity index (χ1v) is 11.0. The van der Waals surface area contributed by atoms with Crippen LogP contribution in [0.5, 0.6) is 0 Å². The van der Waals surface area contributed by atoms with E-state index in [0.717, 1.165) is 20.9 Å². The Morgan fingerprint density at radius 2 is 1.91 bits per heavy atom. The van der Waals surface area contributed by atoms with Crippen molar-refractivity contribution in [3.8, 4) is 0 Å². The number of hydrogen-bond donors (Lipinski definition) is 1. The number of nitrogens with zero attached hydrogens (tertiary/aromatic N) is 4. The molecular formula is C24H23BrN4O3. The number of carbonyl (C=O) groups is 1. The molecule has 1 atom stereocenters. The highest BCUT2D eigenvalue weighted by atomic mass is 79.9. The van der Waals surface area contributed by atoms with E-state index in [-0.39, 0.29) is 5.56 Å². The number of carboxylic acids is 1. The van der Waals surface area contributed by atoms with Gasteiger partial charge in [0.25, 0.3) is 5.56 Å². The van der Waals surface area contributed by atoms with Crippen LogP contribution in [0.15, 0.2) is 63.0 Å². The number of hydrogen-bond acceptors (Lipinski definition) is 4. The molecule has 1 N–H and O–H groups in total. The highest BCUT2D eigenvalue weighted by molar-refractivity contribution is 9.10. The van der Waals surface area contributed by atoms with E-state index in [1.165, 1.54) is 4.68 Å². The van der Waals surface area contributed by atoms with Gasteiger partial charge in [-0.25, -0.2) is 9.78 Å². The summed E-state index contributed by atoms with van der Waals surface area (Å²) in [5, 5.41) is 15.3. The summed E-state index contributed by atoms with van der Waals surface area (Å²) in [5.41, 5.74) is 1.42. The average Bonchev–Trinajstić information content (AvgIpc) is 3.10. The van der Waals surface area contributed by atoms with Crippen LogP contribution in [0.3, 0.4) is 0 Å². The minimum Gasteiger partial charge on any atom is -0.480 e. The van der Waals surface area contributed by atoms with Gasteiger partial charge in [0.2, 0.25) is 0 Å². The van der Waals surface area contributed by atoms with E-state index in [4.69, 9.17) is 4.98 Å². The van der Waals surface area contributed by atoms with Gasteiger partial charge in [-0.1, -0.05) is 54.9 Å². The number of rotatable bonds is 4. The van der Waals surface area contributed by atoms with Crippen LogP contribution in [0.2, 0.25) is 0 Å². The Hall–Kier alpha value is -3.26. The van der Waals surface area contributed by atoms with Crippen LogP contribution < -0.4 is 5.56 Å². The van der Waals surface area contributed by atoms with Crippen LogP contribution in [0, 0.1) is 0 Å². The highest BCUT2D eigenvalue weighted by Crippen LogP contribution is 2.25. The van der Waals surface area contributed by atoms with Gasteiger partial charge >= 0.3 is 5.97 Å². The van der Waals surface area contributed by atoms with Gasteiger partial charge in [-0.05, 0) is 31.2 Å².